The molecule has 0 aliphatic carbocycles. The maximum atomic E-state index is 12.3. The highest BCUT2D eigenvalue weighted by molar-refractivity contribution is 5.94. The zero-order valence-corrected chi connectivity index (χ0v) is 29.0. The summed E-state index contributed by atoms with van der Waals surface area (Å²) >= 11 is 0. The van der Waals surface area contributed by atoms with Crippen LogP contribution in [0.1, 0.15) is 71.6 Å². The number of hydrogen-bond acceptors (Lipinski definition) is 17. The van der Waals surface area contributed by atoms with Crippen LogP contribution in [-0.4, -0.2) is 80.4 Å². The van der Waals surface area contributed by atoms with Gasteiger partial charge in [0.25, 0.3) is 0 Å². The first-order chi connectivity index (χ1) is 24.5. The number of rotatable bonds is 14. The van der Waals surface area contributed by atoms with E-state index in [0.717, 1.165) is 25.7 Å². The molecule has 0 atom stereocenters. The second kappa shape index (κ2) is 15.3. The van der Waals surface area contributed by atoms with E-state index in [1.807, 2.05) is 13.8 Å². The summed E-state index contributed by atoms with van der Waals surface area (Å²) in [5.74, 6) is -0.670. The minimum absolute atomic E-state index is 0.0554. The van der Waals surface area contributed by atoms with Crippen molar-refractivity contribution < 1.29 is 24.2 Å². The quantitative estimate of drug-likeness (QED) is 0.108. The molecule has 51 heavy (non-hydrogen) atoms. The van der Waals surface area contributed by atoms with Crippen molar-refractivity contribution in [1.29, 1.82) is 0 Å². The van der Waals surface area contributed by atoms with E-state index in [1.54, 1.807) is 14.1 Å². The first kappa shape index (κ1) is 35.8. The number of azo groups is 2. The number of nitrogens with zero attached hydrogens (tertiary/aromatic N) is 14. The molecule has 0 unspecified atom stereocenters. The first-order valence-corrected chi connectivity index (χ1v) is 15.9. The van der Waals surface area contributed by atoms with Gasteiger partial charge in [0.1, 0.15) is 11.1 Å². The molecule has 0 aliphatic rings. The number of hydrogen-bond donors (Lipinski definition) is 3. The summed E-state index contributed by atoms with van der Waals surface area (Å²) in [6.07, 6.45) is 6.90. The third-order valence-electron chi connectivity index (χ3n) is 7.70. The Bertz CT molecular complexity index is 1980. The molecule has 5 rings (SSSR count). The maximum Gasteiger partial charge on any atom is 0.343 e. The fourth-order valence-electron chi connectivity index (χ4n) is 4.96. The molecule has 0 radical (unpaired) electrons. The number of aromatic nitrogens is 10. The Balaban J connectivity index is 1.58. The summed E-state index contributed by atoms with van der Waals surface area (Å²) in [5, 5.41) is 45.4. The second-order valence-corrected chi connectivity index (χ2v) is 11.2. The van der Waals surface area contributed by atoms with Crippen LogP contribution < -0.4 is 11.5 Å². The topological polar surface area (TPSA) is 271 Å². The number of ether oxygens (including phenoxy) is 2. The molecular formula is C30H38N16O5. The smallest absolute Gasteiger partial charge is 0.343 e. The van der Waals surface area contributed by atoms with Crippen molar-refractivity contribution in [2.45, 2.75) is 52.4 Å². The SMILES string of the molecule is CCCCc1nn(-c2cc(-n3nc(CCCC)c(/N=N/c4c(C(=O)OC)cnn4C)c3N)nc(O)n2)c(N)c1/N=N/c1c(C(=O)OC)cnn1C. The summed E-state index contributed by atoms with van der Waals surface area (Å²) in [5.41, 5.74) is 14.9. The molecule has 0 amide bonds. The number of nitrogens with two attached hydrogens (primary N) is 2. The van der Waals surface area contributed by atoms with Gasteiger partial charge in [0, 0.05) is 20.2 Å². The number of carbonyl (C=O) groups excluding carboxylic acids is 2. The van der Waals surface area contributed by atoms with Crippen LogP contribution in [0.3, 0.4) is 0 Å². The van der Waals surface area contributed by atoms with Crippen molar-refractivity contribution in [3.05, 3.63) is 41.0 Å². The number of anilines is 2. The highest BCUT2D eigenvalue weighted by atomic mass is 16.5. The first-order valence-electron chi connectivity index (χ1n) is 15.9. The Labute approximate surface area is 291 Å². The van der Waals surface area contributed by atoms with Crippen molar-refractivity contribution in [2.24, 2.45) is 34.6 Å². The minimum Gasteiger partial charge on any atom is -0.479 e. The van der Waals surface area contributed by atoms with Crippen LogP contribution in [-0.2, 0) is 36.4 Å². The minimum atomic E-state index is -0.626. The van der Waals surface area contributed by atoms with Gasteiger partial charge in [-0.2, -0.15) is 39.7 Å². The predicted octanol–water partition coefficient (Wildman–Crippen LogP) is 4.27. The van der Waals surface area contributed by atoms with E-state index in [-0.39, 0.29) is 57.4 Å². The molecule has 268 valence electrons. The average molecular weight is 703 g/mol. The molecule has 5 aromatic heterocycles. The third-order valence-corrected chi connectivity index (χ3v) is 7.70. The summed E-state index contributed by atoms with van der Waals surface area (Å²) < 4.78 is 15.0. The fourth-order valence-corrected chi connectivity index (χ4v) is 4.96. The molecule has 5 N–H and O–H groups in total. The van der Waals surface area contributed by atoms with Gasteiger partial charge < -0.3 is 26.0 Å². The summed E-state index contributed by atoms with van der Waals surface area (Å²) in [6.45, 7) is 4.06. The van der Waals surface area contributed by atoms with Gasteiger partial charge in [-0.15, -0.1) is 20.5 Å². The molecule has 0 saturated heterocycles. The van der Waals surface area contributed by atoms with Crippen LogP contribution in [0.2, 0.25) is 0 Å². The lowest BCUT2D eigenvalue weighted by Crippen LogP contribution is -2.09. The molecule has 21 heteroatoms. The highest BCUT2D eigenvalue weighted by Gasteiger charge is 2.24. The molecule has 0 bridgehead atoms. The molecule has 0 aromatic carbocycles. The van der Waals surface area contributed by atoms with Gasteiger partial charge in [-0.25, -0.2) is 19.0 Å². The van der Waals surface area contributed by atoms with Crippen LogP contribution in [0.5, 0.6) is 6.01 Å². The summed E-state index contributed by atoms with van der Waals surface area (Å²) in [6, 6.07) is 0.869. The molecule has 0 fully saturated rings. The van der Waals surface area contributed by atoms with Gasteiger partial charge in [0.05, 0.1) is 38.0 Å². The number of methoxy groups -OCH3 is 2. The van der Waals surface area contributed by atoms with Crippen molar-refractivity contribution in [2.75, 3.05) is 25.7 Å². The Morgan fingerprint density at radius 1 is 0.745 bits per heavy atom. The van der Waals surface area contributed by atoms with Gasteiger partial charge >= 0.3 is 17.9 Å². The molecule has 5 heterocycles. The Kier molecular flexibility index (Phi) is 10.8. The van der Waals surface area contributed by atoms with Crippen molar-refractivity contribution in [3.8, 4) is 17.6 Å². The molecule has 0 aliphatic heterocycles. The lowest BCUT2D eigenvalue weighted by atomic mass is 10.2. The third kappa shape index (κ3) is 7.26. The summed E-state index contributed by atoms with van der Waals surface area (Å²) in [7, 11) is 5.73. The molecule has 0 spiro atoms. The predicted molar refractivity (Wildman–Crippen MR) is 181 cm³/mol. The van der Waals surface area contributed by atoms with Crippen molar-refractivity contribution >= 4 is 46.6 Å². The van der Waals surface area contributed by atoms with E-state index in [0.29, 0.717) is 24.2 Å². The van der Waals surface area contributed by atoms with E-state index in [2.05, 4.69) is 50.8 Å². The fraction of sp³-hybridized carbons (Fsp3) is 0.400. The lowest BCUT2D eigenvalue weighted by Gasteiger charge is -2.08. The number of aryl methyl sites for hydroxylation is 4. The largest absolute Gasteiger partial charge is 0.479 e. The Morgan fingerprint density at radius 3 is 1.53 bits per heavy atom. The average Bonchev–Trinajstić information content (AvgIpc) is 3.86. The normalized spacial score (nSPS) is 11.6. The summed E-state index contributed by atoms with van der Waals surface area (Å²) in [4.78, 5) is 32.8. The number of unbranched alkanes of at least 4 members (excludes halogenated alkanes) is 2. The standard InChI is InChI=1S/C30H38N16O5/c1-7-9-11-18-22(37-39-26-16(28(47)50-5)14-33-43(26)3)24(31)45(41-18)20-13-21(36-30(49)35-20)46-25(32)23(19(42-46)12-10-8-2)38-40-27-17(29(48)51-6)15-34-44(27)4/h13-15H,7-12,31-32H2,1-6H3,(H,35,36,49)/b39-37+,40-38+. The van der Waals surface area contributed by atoms with Crippen LogP contribution in [0.15, 0.2) is 38.9 Å². The van der Waals surface area contributed by atoms with Gasteiger partial charge in [0.2, 0.25) is 0 Å². The number of carbonyl (C=O) groups is 2. The monoisotopic (exact) mass is 702 g/mol. The van der Waals surface area contributed by atoms with Crippen LogP contribution in [0, 0.1) is 0 Å². The Morgan fingerprint density at radius 2 is 1.16 bits per heavy atom. The van der Waals surface area contributed by atoms with E-state index in [9.17, 15) is 14.7 Å². The molecule has 21 nitrogen and oxygen atoms in total. The molecule has 0 saturated carbocycles. The second-order valence-electron chi connectivity index (χ2n) is 11.2. The Hall–Kier alpha value is -6.54. The van der Waals surface area contributed by atoms with Crippen LogP contribution >= 0.6 is 0 Å². The van der Waals surface area contributed by atoms with E-state index in [4.69, 9.17) is 20.9 Å². The maximum absolute atomic E-state index is 12.3. The van der Waals surface area contributed by atoms with Gasteiger partial charge in [0.15, 0.2) is 46.3 Å². The van der Waals surface area contributed by atoms with Crippen LogP contribution in [0.25, 0.3) is 11.6 Å². The van der Waals surface area contributed by atoms with Crippen LogP contribution in [0.4, 0.5) is 34.6 Å². The van der Waals surface area contributed by atoms with Crippen molar-refractivity contribution in [1.82, 2.24) is 49.1 Å². The zero-order chi connectivity index (χ0) is 36.8. The number of esters is 2. The van der Waals surface area contributed by atoms with E-state index >= 15 is 0 Å². The van der Waals surface area contributed by atoms with Gasteiger partial charge in [-0.3, -0.25) is 0 Å². The van der Waals surface area contributed by atoms with Gasteiger partial charge in [-0.1, -0.05) is 26.7 Å². The number of aromatic hydroxyl groups is 1. The van der Waals surface area contributed by atoms with Crippen molar-refractivity contribution in [3.63, 3.8) is 0 Å². The lowest BCUT2D eigenvalue weighted by molar-refractivity contribution is 0.0592. The molecule has 5 aromatic rings. The van der Waals surface area contributed by atoms with Gasteiger partial charge in [-0.05, 0) is 25.7 Å². The highest BCUT2D eigenvalue weighted by Crippen LogP contribution is 2.35. The van der Waals surface area contributed by atoms with E-state index < -0.39 is 17.9 Å². The molecular weight excluding hydrogens is 664 g/mol. The number of nitrogen functional groups attached to an aromatic ring is 2. The zero-order valence-electron chi connectivity index (χ0n) is 29.0. The van der Waals surface area contributed by atoms with E-state index in [1.165, 1.54) is 51.4 Å².